The standard InChI is InChI=1S/C10H10N6/c11-9-14-8(7-4-2-1-3-5-7)15-10-12-6-13-16(9)10/h1-6,8H,(H2,11,14)(H,12,13,15)/t8-/m0/s1. The van der Waals surface area contributed by atoms with Crippen LogP contribution in [0.4, 0.5) is 5.95 Å². The Bertz CT molecular complexity index is 529. The van der Waals surface area contributed by atoms with Gasteiger partial charge in [-0.3, -0.25) is 0 Å². The van der Waals surface area contributed by atoms with Crippen LogP contribution in [0.15, 0.2) is 41.7 Å². The largest absolute Gasteiger partial charge is 0.368 e. The Balaban J connectivity index is 2.00. The van der Waals surface area contributed by atoms with E-state index in [4.69, 9.17) is 5.73 Å². The third-order valence-corrected chi connectivity index (χ3v) is 2.41. The molecule has 0 spiro atoms. The second kappa shape index (κ2) is 3.34. The van der Waals surface area contributed by atoms with Crippen LogP contribution in [0.3, 0.4) is 0 Å². The summed E-state index contributed by atoms with van der Waals surface area (Å²) in [6, 6.07) is 9.85. The average molecular weight is 214 g/mol. The van der Waals surface area contributed by atoms with Gasteiger partial charge in [0.25, 0.3) is 0 Å². The number of nitrogens with one attached hydrogen (secondary N) is 1. The predicted molar refractivity (Wildman–Crippen MR) is 59.8 cm³/mol. The van der Waals surface area contributed by atoms with Crippen molar-refractivity contribution in [2.45, 2.75) is 6.17 Å². The van der Waals surface area contributed by atoms with Crippen molar-refractivity contribution < 1.29 is 0 Å². The summed E-state index contributed by atoms with van der Waals surface area (Å²) in [7, 11) is 0. The number of fused-ring (bicyclic) bond motifs is 1. The van der Waals surface area contributed by atoms with Gasteiger partial charge in [-0.25, -0.2) is 4.99 Å². The highest BCUT2D eigenvalue weighted by Crippen LogP contribution is 2.22. The Morgan fingerprint density at radius 2 is 2.06 bits per heavy atom. The lowest BCUT2D eigenvalue weighted by Crippen LogP contribution is -2.32. The molecule has 6 nitrogen and oxygen atoms in total. The van der Waals surface area contributed by atoms with Gasteiger partial charge in [-0.05, 0) is 5.56 Å². The number of anilines is 1. The number of rotatable bonds is 1. The molecule has 3 rings (SSSR count). The van der Waals surface area contributed by atoms with Crippen molar-refractivity contribution in [3.05, 3.63) is 42.2 Å². The van der Waals surface area contributed by atoms with E-state index >= 15 is 0 Å². The summed E-state index contributed by atoms with van der Waals surface area (Å²) >= 11 is 0. The van der Waals surface area contributed by atoms with Crippen LogP contribution >= 0.6 is 0 Å². The zero-order valence-corrected chi connectivity index (χ0v) is 8.41. The van der Waals surface area contributed by atoms with Crippen LogP contribution < -0.4 is 11.1 Å². The molecule has 1 aromatic heterocycles. The first-order valence-corrected chi connectivity index (χ1v) is 4.90. The molecule has 1 atom stereocenters. The van der Waals surface area contributed by atoms with Crippen LogP contribution in [0.25, 0.3) is 0 Å². The SMILES string of the molecule is NC1=N[C@H](c2ccccc2)Nc2ncnn21. The van der Waals surface area contributed by atoms with Gasteiger partial charge in [0.05, 0.1) is 0 Å². The minimum absolute atomic E-state index is 0.196. The molecule has 80 valence electrons. The number of nitrogens with two attached hydrogens (primary N) is 1. The third kappa shape index (κ3) is 1.31. The van der Waals surface area contributed by atoms with Gasteiger partial charge >= 0.3 is 0 Å². The van der Waals surface area contributed by atoms with E-state index in [1.165, 1.54) is 11.0 Å². The molecule has 16 heavy (non-hydrogen) atoms. The van der Waals surface area contributed by atoms with Crippen molar-refractivity contribution in [3.8, 4) is 0 Å². The smallest absolute Gasteiger partial charge is 0.230 e. The molecule has 2 aromatic rings. The molecular weight excluding hydrogens is 204 g/mol. The van der Waals surface area contributed by atoms with E-state index in [1.807, 2.05) is 30.3 Å². The van der Waals surface area contributed by atoms with Gasteiger partial charge in [0, 0.05) is 0 Å². The van der Waals surface area contributed by atoms with Gasteiger partial charge in [0.1, 0.15) is 6.33 Å². The highest BCUT2D eigenvalue weighted by Gasteiger charge is 2.20. The minimum atomic E-state index is -0.196. The predicted octanol–water partition coefficient (Wildman–Crippen LogP) is 0.565. The van der Waals surface area contributed by atoms with Crippen molar-refractivity contribution in [1.29, 1.82) is 0 Å². The molecule has 3 N–H and O–H groups in total. The molecule has 0 aliphatic carbocycles. The first-order valence-electron chi connectivity index (χ1n) is 4.90. The van der Waals surface area contributed by atoms with Crippen LogP contribution in [0.2, 0.25) is 0 Å². The normalized spacial score (nSPS) is 18.5. The van der Waals surface area contributed by atoms with E-state index < -0.39 is 0 Å². The monoisotopic (exact) mass is 214 g/mol. The Labute approximate surface area is 91.8 Å². The zero-order valence-electron chi connectivity index (χ0n) is 8.41. The number of nitrogens with zero attached hydrogens (tertiary/aromatic N) is 4. The molecule has 1 aromatic carbocycles. The van der Waals surface area contributed by atoms with Crippen LogP contribution in [-0.4, -0.2) is 20.7 Å². The molecule has 0 fully saturated rings. The number of benzene rings is 1. The molecule has 1 aliphatic rings. The van der Waals surface area contributed by atoms with Crippen LogP contribution in [-0.2, 0) is 0 Å². The number of aliphatic imine (C=N–C) groups is 1. The van der Waals surface area contributed by atoms with Crippen molar-refractivity contribution in [3.63, 3.8) is 0 Å². The summed E-state index contributed by atoms with van der Waals surface area (Å²) in [5, 5.41) is 7.10. The van der Waals surface area contributed by atoms with E-state index in [2.05, 4.69) is 20.4 Å². The van der Waals surface area contributed by atoms with Crippen LogP contribution in [0, 0.1) is 0 Å². The third-order valence-electron chi connectivity index (χ3n) is 2.41. The van der Waals surface area contributed by atoms with E-state index in [-0.39, 0.29) is 6.17 Å². The Morgan fingerprint density at radius 1 is 1.25 bits per heavy atom. The van der Waals surface area contributed by atoms with Crippen molar-refractivity contribution >= 4 is 11.9 Å². The van der Waals surface area contributed by atoms with E-state index in [0.29, 0.717) is 11.9 Å². The van der Waals surface area contributed by atoms with E-state index in [0.717, 1.165) is 5.56 Å². The minimum Gasteiger partial charge on any atom is -0.368 e. The second-order valence-corrected chi connectivity index (χ2v) is 3.44. The Kier molecular flexibility index (Phi) is 1.86. The van der Waals surface area contributed by atoms with Crippen LogP contribution in [0.5, 0.6) is 0 Å². The topological polar surface area (TPSA) is 81.1 Å². The highest BCUT2D eigenvalue weighted by atomic mass is 15.5. The van der Waals surface area contributed by atoms with Gasteiger partial charge in [-0.1, -0.05) is 30.3 Å². The van der Waals surface area contributed by atoms with Crippen molar-refractivity contribution in [1.82, 2.24) is 14.8 Å². The van der Waals surface area contributed by atoms with Crippen LogP contribution in [0.1, 0.15) is 11.7 Å². The first-order chi connectivity index (χ1) is 7.84. The molecule has 0 saturated carbocycles. The molecule has 0 saturated heterocycles. The lowest BCUT2D eigenvalue weighted by atomic mass is 10.2. The van der Waals surface area contributed by atoms with E-state index in [9.17, 15) is 0 Å². The summed E-state index contributed by atoms with van der Waals surface area (Å²) in [4.78, 5) is 8.37. The quantitative estimate of drug-likeness (QED) is 0.727. The Hall–Kier alpha value is -2.37. The molecule has 0 amide bonds. The molecule has 0 unspecified atom stereocenters. The summed E-state index contributed by atoms with van der Waals surface area (Å²) in [6.45, 7) is 0. The highest BCUT2D eigenvalue weighted by molar-refractivity contribution is 5.83. The van der Waals surface area contributed by atoms with Gasteiger partial charge in [0.15, 0.2) is 6.17 Å². The first kappa shape index (κ1) is 8.90. The van der Waals surface area contributed by atoms with Crippen molar-refractivity contribution in [2.24, 2.45) is 10.7 Å². The van der Waals surface area contributed by atoms with Gasteiger partial charge in [-0.15, -0.1) is 0 Å². The fourth-order valence-corrected chi connectivity index (χ4v) is 1.64. The molecule has 2 heterocycles. The lowest BCUT2D eigenvalue weighted by Gasteiger charge is -2.20. The summed E-state index contributed by atoms with van der Waals surface area (Å²) in [6.07, 6.45) is 1.25. The fourth-order valence-electron chi connectivity index (χ4n) is 1.64. The maximum absolute atomic E-state index is 5.79. The maximum atomic E-state index is 5.79. The van der Waals surface area contributed by atoms with Gasteiger partial charge in [-0.2, -0.15) is 14.8 Å². The molecule has 1 aliphatic heterocycles. The molecule has 0 radical (unpaired) electrons. The number of hydrogen-bond acceptors (Lipinski definition) is 5. The average Bonchev–Trinajstić information content (AvgIpc) is 2.79. The van der Waals surface area contributed by atoms with Gasteiger partial charge in [0.2, 0.25) is 11.9 Å². The summed E-state index contributed by atoms with van der Waals surface area (Å²) in [5.41, 5.74) is 6.83. The zero-order chi connectivity index (χ0) is 11.0. The maximum Gasteiger partial charge on any atom is 0.230 e. The molecule has 6 heteroatoms. The summed E-state index contributed by atoms with van der Waals surface area (Å²) in [5.74, 6) is 0.960. The van der Waals surface area contributed by atoms with Gasteiger partial charge < -0.3 is 11.1 Å². The lowest BCUT2D eigenvalue weighted by molar-refractivity contribution is 0.751. The molecule has 0 bridgehead atoms. The molecular formula is C10H10N6. The van der Waals surface area contributed by atoms with Crippen molar-refractivity contribution in [2.75, 3.05) is 5.32 Å². The number of aromatic nitrogens is 3. The summed E-state index contributed by atoms with van der Waals surface area (Å²) < 4.78 is 1.47. The fraction of sp³-hybridized carbons (Fsp3) is 0.100. The number of hydrogen-bond donors (Lipinski definition) is 2. The van der Waals surface area contributed by atoms with E-state index in [1.54, 1.807) is 0 Å². The Morgan fingerprint density at radius 3 is 2.88 bits per heavy atom. The second-order valence-electron chi connectivity index (χ2n) is 3.44.